The van der Waals surface area contributed by atoms with E-state index in [1.54, 1.807) is 0 Å². The molecule has 0 saturated heterocycles. The maximum absolute atomic E-state index is 2.43. The number of hydrogen-bond acceptors (Lipinski definition) is 1. The minimum Gasteiger partial charge on any atom is -0.311 e. The Hall–Kier alpha value is -7.88. The van der Waals surface area contributed by atoms with Gasteiger partial charge in [0.25, 0.3) is 0 Å². The van der Waals surface area contributed by atoms with E-state index in [4.69, 9.17) is 0 Å². The molecule has 0 aliphatic heterocycles. The molecule has 0 fully saturated rings. The average Bonchev–Trinajstić information content (AvgIpc) is 3.84. The van der Waals surface area contributed by atoms with Crippen LogP contribution in [0.4, 0.5) is 17.1 Å². The molecule has 9 aromatic carbocycles. The lowest BCUT2D eigenvalue weighted by atomic mass is 10.0. The summed E-state index contributed by atoms with van der Waals surface area (Å²) >= 11 is 0. The van der Waals surface area contributed by atoms with Crippen LogP contribution in [0.15, 0.2) is 237 Å². The number of benzene rings is 9. The molecule has 2 aromatic heterocycles. The van der Waals surface area contributed by atoms with Gasteiger partial charge in [-0.1, -0.05) is 164 Å². The predicted molar refractivity (Wildman–Crippen MR) is 249 cm³/mol. The Bertz CT molecular complexity index is 3110. The van der Waals surface area contributed by atoms with Crippen LogP contribution >= 0.6 is 0 Å². The van der Waals surface area contributed by atoms with E-state index in [0.29, 0.717) is 0 Å². The van der Waals surface area contributed by atoms with Crippen molar-refractivity contribution in [3.05, 3.63) is 237 Å². The van der Waals surface area contributed by atoms with Gasteiger partial charge in [0.05, 0.1) is 22.1 Å². The van der Waals surface area contributed by atoms with Gasteiger partial charge in [0, 0.05) is 39.2 Å². The number of fused-ring (bicyclic) bond motifs is 5. The average molecular weight is 754 g/mol. The maximum atomic E-state index is 2.43. The summed E-state index contributed by atoms with van der Waals surface area (Å²) in [6.07, 6.45) is 0. The molecule has 0 atom stereocenters. The van der Waals surface area contributed by atoms with Gasteiger partial charge in [-0.15, -0.1) is 0 Å². The Morgan fingerprint density at radius 2 is 0.525 bits per heavy atom. The molecule has 0 saturated carbocycles. The van der Waals surface area contributed by atoms with E-state index in [2.05, 4.69) is 251 Å². The quantitative estimate of drug-likeness (QED) is 0.151. The van der Waals surface area contributed by atoms with E-state index in [1.807, 2.05) is 0 Å². The van der Waals surface area contributed by atoms with Crippen LogP contribution in [0.3, 0.4) is 0 Å². The molecule has 0 N–H and O–H groups in total. The molecule has 2 heterocycles. The van der Waals surface area contributed by atoms with Gasteiger partial charge < -0.3 is 14.0 Å². The van der Waals surface area contributed by atoms with Crippen molar-refractivity contribution >= 4 is 49.9 Å². The molecular weight excluding hydrogens is 715 g/mol. The molecule has 0 spiro atoms. The molecule has 3 nitrogen and oxygen atoms in total. The fraction of sp³-hybridized carbons (Fsp3) is 0. The number of nitrogens with zero attached hydrogens (tertiary/aromatic N) is 3. The second-order valence-electron chi connectivity index (χ2n) is 15.0. The summed E-state index contributed by atoms with van der Waals surface area (Å²) in [5.74, 6) is 0. The van der Waals surface area contributed by atoms with Crippen LogP contribution in [0.25, 0.3) is 77.6 Å². The van der Waals surface area contributed by atoms with Crippen molar-refractivity contribution in [3.8, 4) is 44.8 Å². The zero-order chi connectivity index (χ0) is 39.1. The molecule has 0 bridgehead atoms. The molecule has 0 radical (unpaired) electrons. The van der Waals surface area contributed by atoms with E-state index in [-0.39, 0.29) is 0 Å². The standard InChI is InChI=1S/C56H39N3/c1-4-14-40(15-5-1)42-24-32-47(33-25-42)57(48-34-26-43(27-35-48)41-16-6-2-7-17-41)49-36-28-44(29-37-49)45-30-38-50(39-31-45)59-54-23-13-11-21-52(54)55-56(59)51-20-10-12-22-53(51)58(55)46-18-8-3-9-19-46/h1-39H. The fourth-order valence-electron chi connectivity index (χ4n) is 8.72. The number of aromatic nitrogens is 2. The topological polar surface area (TPSA) is 13.1 Å². The second kappa shape index (κ2) is 14.6. The SMILES string of the molecule is c1ccc(-c2ccc(N(c3ccc(-c4ccccc4)cc3)c3ccc(-c4ccc(-n5c6ccccc6c6c5c5ccccc5n6-c5ccccc5)cc4)cc3)cc2)cc1. The number of para-hydroxylation sites is 3. The van der Waals surface area contributed by atoms with Gasteiger partial charge in [-0.05, 0) is 106 Å². The summed E-state index contributed by atoms with van der Waals surface area (Å²) in [6.45, 7) is 0. The molecule has 0 unspecified atom stereocenters. The van der Waals surface area contributed by atoms with Gasteiger partial charge in [0.1, 0.15) is 0 Å². The van der Waals surface area contributed by atoms with Gasteiger partial charge in [0.15, 0.2) is 0 Å². The third-order valence-electron chi connectivity index (χ3n) is 11.5. The van der Waals surface area contributed by atoms with Crippen molar-refractivity contribution in [3.63, 3.8) is 0 Å². The van der Waals surface area contributed by atoms with Crippen LogP contribution in [0.1, 0.15) is 0 Å². The van der Waals surface area contributed by atoms with Crippen LogP contribution in [0.2, 0.25) is 0 Å². The highest BCUT2D eigenvalue weighted by molar-refractivity contribution is 6.20. The number of rotatable bonds is 8. The summed E-state index contributed by atoms with van der Waals surface area (Å²) in [5.41, 5.74) is 17.6. The minimum atomic E-state index is 1.10. The molecule has 0 aliphatic carbocycles. The predicted octanol–water partition coefficient (Wildman–Crippen LogP) is 15.2. The lowest BCUT2D eigenvalue weighted by Gasteiger charge is -2.26. The molecule has 0 aliphatic rings. The highest BCUT2D eigenvalue weighted by Crippen LogP contribution is 2.42. The molecule has 278 valence electrons. The lowest BCUT2D eigenvalue weighted by molar-refractivity contribution is 1.17. The Kier molecular flexibility index (Phi) is 8.49. The van der Waals surface area contributed by atoms with Gasteiger partial charge in [-0.25, -0.2) is 0 Å². The summed E-state index contributed by atoms with van der Waals surface area (Å²) in [5, 5.41) is 2.47. The molecule has 3 heteroatoms. The minimum absolute atomic E-state index is 1.10. The zero-order valence-electron chi connectivity index (χ0n) is 32.4. The second-order valence-corrected chi connectivity index (χ2v) is 15.0. The van der Waals surface area contributed by atoms with Gasteiger partial charge in [-0.2, -0.15) is 0 Å². The van der Waals surface area contributed by atoms with Crippen LogP contribution in [-0.2, 0) is 0 Å². The maximum Gasteiger partial charge on any atom is 0.0803 e. The van der Waals surface area contributed by atoms with E-state index >= 15 is 0 Å². The van der Waals surface area contributed by atoms with Gasteiger partial charge in [-0.3, -0.25) is 0 Å². The van der Waals surface area contributed by atoms with Crippen molar-refractivity contribution in [2.45, 2.75) is 0 Å². The first kappa shape index (κ1) is 34.4. The lowest BCUT2D eigenvalue weighted by Crippen LogP contribution is -2.09. The van der Waals surface area contributed by atoms with Crippen molar-refractivity contribution in [2.75, 3.05) is 4.90 Å². The summed E-state index contributed by atoms with van der Waals surface area (Å²) in [7, 11) is 0. The molecule has 11 aromatic rings. The highest BCUT2D eigenvalue weighted by atomic mass is 15.1. The Morgan fingerprint density at radius 1 is 0.237 bits per heavy atom. The van der Waals surface area contributed by atoms with Crippen LogP contribution in [0.5, 0.6) is 0 Å². The molecular formula is C56H39N3. The van der Waals surface area contributed by atoms with Gasteiger partial charge >= 0.3 is 0 Å². The van der Waals surface area contributed by atoms with E-state index < -0.39 is 0 Å². The number of hydrogen-bond donors (Lipinski definition) is 0. The van der Waals surface area contributed by atoms with E-state index in [1.165, 1.54) is 66.2 Å². The smallest absolute Gasteiger partial charge is 0.0803 e. The van der Waals surface area contributed by atoms with Crippen molar-refractivity contribution in [1.29, 1.82) is 0 Å². The monoisotopic (exact) mass is 753 g/mol. The summed E-state index contributed by atoms with van der Waals surface area (Å²) in [4.78, 5) is 2.34. The fourth-order valence-corrected chi connectivity index (χ4v) is 8.72. The van der Waals surface area contributed by atoms with Crippen molar-refractivity contribution in [2.24, 2.45) is 0 Å². The van der Waals surface area contributed by atoms with Crippen LogP contribution in [0, 0.1) is 0 Å². The normalized spacial score (nSPS) is 11.4. The van der Waals surface area contributed by atoms with E-state index in [0.717, 1.165) is 28.4 Å². The van der Waals surface area contributed by atoms with Gasteiger partial charge in [0.2, 0.25) is 0 Å². The van der Waals surface area contributed by atoms with Crippen molar-refractivity contribution in [1.82, 2.24) is 9.13 Å². The molecule has 0 amide bonds. The Balaban J connectivity index is 0.963. The summed E-state index contributed by atoms with van der Waals surface area (Å²) in [6, 6.07) is 85.1. The summed E-state index contributed by atoms with van der Waals surface area (Å²) < 4.78 is 4.85. The molecule has 59 heavy (non-hydrogen) atoms. The molecule has 11 rings (SSSR count). The Labute approximate surface area is 343 Å². The highest BCUT2D eigenvalue weighted by Gasteiger charge is 2.22. The first-order valence-corrected chi connectivity index (χ1v) is 20.2. The first-order valence-electron chi connectivity index (χ1n) is 20.2. The van der Waals surface area contributed by atoms with E-state index in [9.17, 15) is 0 Å². The van der Waals surface area contributed by atoms with Crippen molar-refractivity contribution < 1.29 is 0 Å². The third kappa shape index (κ3) is 6.08. The van der Waals surface area contributed by atoms with Crippen LogP contribution < -0.4 is 4.90 Å². The zero-order valence-corrected chi connectivity index (χ0v) is 32.4. The first-order chi connectivity index (χ1) is 29.3. The third-order valence-corrected chi connectivity index (χ3v) is 11.5. The Morgan fingerprint density at radius 3 is 0.915 bits per heavy atom. The number of anilines is 3. The largest absolute Gasteiger partial charge is 0.311 e. The van der Waals surface area contributed by atoms with Crippen LogP contribution in [-0.4, -0.2) is 9.13 Å².